The van der Waals surface area contributed by atoms with Crippen LogP contribution in [0.15, 0.2) is 54.6 Å². The van der Waals surface area contributed by atoms with Gasteiger partial charge in [0.25, 0.3) is 0 Å². The van der Waals surface area contributed by atoms with E-state index >= 15 is 0 Å². The van der Waals surface area contributed by atoms with E-state index in [0.717, 1.165) is 51.3 Å². The molecule has 0 spiro atoms. The number of hydrogen-bond acceptors (Lipinski definition) is 4. The van der Waals surface area contributed by atoms with Gasteiger partial charge in [-0.05, 0) is 43.1 Å². The quantitative estimate of drug-likeness (QED) is 0.838. The van der Waals surface area contributed by atoms with Crippen LogP contribution in [0, 0.1) is 0 Å². The molecule has 0 radical (unpaired) electrons. The SMILES string of the molecule is O=C(CCCN1CCN(c2ccccc2)CC1)NC1COc2ccccc2C1. The fourth-order valence-electron chi connectivity index (χ4n) is 4.05. The predicted molar refractivity (Wildman–Crippen MR) is 112 cm³/mol. The van der Waals surface area contributed by atoms with Crippen LogP contribution in [0.5, 0.6) is 5.75 Å². The van der Waals surface area contributed by atoms with Crippen LogP contribution in [0.4, 0.5) is 5.69 Å². The average Bonchev–Trinajstić information content (AvgIpc) is 2.75. The van der Waals surface area contributed by atoms with Crippen LogP contribution in [-0.2, 0) is 11.2 Å². The smallest absolute Gasteiger partial charge is 0.220 e. The van der Waals surface area contributed by atoms with E-state index in [-0.39, 0.29) is 11.9 Å². The lowest BCUT2D eigenvalue weighted by Gasteiger charge is -2.36. The minimum absolute atomic E-state index is 0.0804. The first-order valence-corrected chi connectivity index (χ1v) is 10.3. The van der Waals surface area contributed by atoms with Gasteiger partial charge in [0.2, 0.25) is 5.91 Å². The minimum Gasteiger partial charge on any atom is -0.491 e. The number of nitrogens with one attached hydrogen (secondary N) is 1. The summed E-state index contributed by atoms with van der Waals surface area (Å²) in [7, 11) is 0. The van der Waals surface area contributed by atoms with E-state index in [1.165, 1.54) is 11.3 Å². The van der Waals surface area contributed by atoms with Gasteiger partial charge in [0.15, 0.2) is 0 Å². The highest BCUT2D eigenvalue weighted by molar-refractivity contribution is 5.76. The maximum atomic E-state index is 12.3. The first kappa shape index (κ1) is 18.8. The second-order valence-corrected chi connectivity index (χ2v) is 7.66. The van der Waals surface area contributed by atoms with Crippen molar-refractivity contribution >= 4 is 11.6 Å². The standard InChI is InChI=1S/C23H29N3O2/c27-23(24-20-17-19-7-4-5-10-22(19)28-18-20)11-6-12-25-13-15-26(16-14-25)21-8-2-1-3-9-21/h1-5,7-10,20H,6,11-18H2,(H,24,27). The Balaban J connectivity index is 1.14. The second-order valence-electron chi connectivity index (χ2n) is 7.66. The van der Waals surface area contributed by atoms with Crippen molar-refractivity contribution < 1.29 is 9.53 Å². The number of anilines is 1. The zero-order valence-corrected chi connectivity index (χ0v) is 16.3. The summed E-state index contributed by atoms with van der Waals surface area (Å²) >= 11 is 0. The molecule has 5 nitrogen and oxygen atoms in total. The number of ether oxygens (including phenoxy) is 1. The summed E-state index contributed by atoms with van der Waals surface area (Å²) in [6, 6.07) is 18.7. The third-order valence-electron chi connectivity index (χ3n) is 5.62. The summed E-state index contributed by atoms with van der Waals surface area (Å²) in [4.78, 5) is 17.2. The lowest BCUT2D eigenvalue weighted by Crippen LogP contribution is -2.47. The zero-order valence-electron chi connectivity index (χ0n) is 16.3. The number of nitrogens with zero attached hydrogens (tertiary/aromatic N) is 2. The van der Waals surface area contributed by atoms with E-state index in [2.05, 4.69) is 51.5 Å². The molecule has 5 heteroatoms. The van der Waals surface area contributed by atoms with Gasteiger partial charge in [-0.25, -0.2) is 0 Å². The van der Waals surface area contributed by atoms with Gasteiger partial charge in [-0.15, -0.1) is 0 Å². The highest BCUT2D eigenvalue weighted by atomic mass is 16.5. The highest BCUT2D eigenvalue weighted by Crippen LogP contribution is 2.24. The molecule has 0 aromatic heterocycles. The average molecular weight is 380 g/mol. The fraction of sp³-hybridized carbons (Fsp3) is 0.435. The molecule has 1 amide bonds. The van der Waals surface area contributed by atoms with Crippen molar-refractivity contribution in [3.05, 3.63) is 60.2 Å². The van der Waals surface area contributed by atoms with Gasteiger partial charge in [-0.1, -0.05) is 36.4 Å². The molecule has 0 saturated carbocycles. The Kier molecular flexibility index (Phi) is 6.12. The van der Waals surface area contributed by atoms with Crippen LogP contribution in [-0.4, -0.2) is 56.2 Å². The van der Waals surface area contributed by atoms with Crippen molar-refractivity contribution in [2.45, 2.75) is 25.3 Å². The maximum absolute atomic E-state index is 12.3. The molecule has 28 heavy (non-hydrogen) atoms. The Hall–Kier alpha value is -2.53. The van der Waals surface area contributed by atoms with Gasteiger partial charge >= 0.3 is 0 Å². The molecule has 2 aromatic carbocycles. The van der Waals surface area contributed by atoms with E-state index in [1.54, 1.807) is 0 Å². The molecule has 2 heterocycles. The number of para-hydroxylation sites is 2. The van der Waals surface area contributed by atoms with E-state index < -0.39 is 0 Å². The van der Waals surface area contributed by atoms with Gasteiger partial charge in [0.05, 0.1) is 6.04 Å². The molecule has 2 aliphatic rings. The molecule has 0 aliphatic carbocycles. The van der Waals surface area contributed by atoms with Crippen LogP contribution in [0.2, 0.25) is 0 Å². The van der Waals surface area contributed by atoms with Crippen LogP contribution in [0.25, 0.3) is 0 Å². The maximum Gasteiger partial charge on any atom is 0.220 e. The summed E-state index contributed by atoms with van der Waals surface area (Å²) < 4.78 is 5.76. The van der Waals surface area contributed by atoms with E-state index in [1.807, 2.05) is 18.2 Å². The molecular weight excluding hydrogens is 350 g/mol. The Labute approximate surface area is 167 Å². The normalized spacial score (nSPS) is 19.6. The van der Waals surface area contributed by atoms with Crippen molar-refractivity contribution in [3.8, 4) is 5.75 Å². The predicted octanol–water partition coefficient (Wildman–Crippen LogP) is 2.71. The Morgan fingerprint density at radius 2 is 1.75 bits per heavy atom. The Morgan fingerprint density at radius 1 is 1.00 bits per heavy atom. The number of fused-ring (bicyclic) bond motifs is 1. The van der Waals surface area contributed by atoms with E-state index in [9.17, 15) is 4.79 Å². The van der Waals surface area contributed by atoms with Crippen LogP contribution in [0.1, 0.15) is 18.4 Å². The van der Waals surface area contributed by atoms with E-state index in [0.29, 0.717) is 13.0 Å². The van der Waals surface area contributed by atoms with Crippen LogP contribution in [0.3, 0.4) is 0 Å². The molecular formula is C23H29N3O2. The molecule has 2 aromatic rings. The number of carbonyl (C=O) groups excluding carboxylic acids is 1. The molecule has 1 unspecified atom stereocenters. The summed E-state index contributed by atoms with van der Waals surface area (Å²) in [6.07, 6.45) is 2.34. The summed E-state index contributed by atoms with van der Waals surface area (Å²) in [5.41, 5.74) is 2.48. The largest absolute Gasteiger partial charge is 0.491 e. The molecule has 1 saturated heterocycles. The molecule has 1 N–H and O–H groups in total. The van der Waals surface area contributed by atoms with Crippen molar-refractivity contribution in [1.29, 1.82) is 0 Å². The number of rotatable bonds is 6. The Morgan fingerprint density at radius 3 is 2.57 bits per heavy atom. The minimum atomic E-state index is 0.0804. The van der Waals surface area contributed by atoms with Gasteiger partial charge < -0.3 is 15.0 Å². The van der Waals surface area contributed by atoms with Crippen LogP contribution < -0.4 is 15.0 Å². The van der Waals surface area contributed by atoms with Crippen LogP contribution >= 0.6 is 0 Å². The first-order valence-electron chi connectivity index (χ1n) is 10.3. The number of carbonyl (C=O) groups is 1. The van der Waals surface area contributed by atoms with E-state index in [4.69, 9.17) is 4.74 Å². The number of hydrogen-bond donors (Lipinski definition) is 1. The number of amides is 1. The molecule has 1 fully saturated rings. The van der Waals surface area contributed by atoms with Gasteiger partial charge in [-0.3, -0.25) is 9.69 Å². The van der Waals surface area contributed by atoms with Gasteiger partial charge in [0, 0.05) is 38.3 Å². The first-order chi connectivity index (χ1) is 13.8. The summed E-state index contributed by atoms with van der Waals surface area (Å²) in [5.74, 6) is 1.08. The molecule has 2 aliphatic heterocycles. The van der Waals surface area contributed by atoms with Gasteiger partial charge in [0.1, 0.15) is 12.4 Å². The lowest BCUT2D eigenvalue weighted by molar-refractivity contribution is -0.122. The van der Waals surface area contributed by atoms with Crippen molar-refractivity contribution in [2.24, 2.45) is 0 Å². The second kappa shape index (κ2) is 9.11. The number of piperazine rings is 1. The molecule has 1 atom stereocenters. The topological polar surface area (TPSA) is 44.8 Å². The molecule has 4 rings (SSSR count). The molecule has 0 bridgehead atoms. The fourth-order valence-corrected chi connectivity index (χ4v) is 4.05. The summed E-state index contributed by atoms with van der Waals surface area (Å²) in [6.45, 7) is 5.77. The van der Waals surface area contributed by atoms with Crippen molar-refractivity contribution in [2.75, 3.05) is 44.2 Å². The Bertz CT molecular complexity index is 772. The number of benzene rings is 2. The van der Waals surface area contributed by atoms with Gasteiger partial charge in [-0.2, -0.15) is 0 Å². The lowest BCUT2D eigenvalue weighted by atomic mass is 10.0. The monoisotopic (exact) mass is 379 g/mol. The summed E-state index contributed by atoms with van der Waals surface area (Å²) in [5, 5.41) is 3.14. The van der Waals surface area contributed by atoms with Crippen molar-refractivity contribution in [1.82, 2.24) is 10.2 Å². The highest BCUT2D eigenvalue weighted by Gasteiger charge is 2.21. The third-order valence-corrected chi connectivity index (χ3v) is 5.62. The third kappa shape index (κ3) is 4.84. The molecule has 148 valence electrons. The van der Waals surface area contributed by atoms with Crippen molar-refractivity contribution in [3.63, 3.8) is 0 Å². The zero-order chi connectivity index (χ0) is 19.2.